The highest BCUT2D eigenvalue weighted by Gasteiger charge is 2.54. The molecule has 0 saturated heterocycles. The van der Waals surface area contributed by atoms with Crippen molar-refractivity contribution in [1.82, 2.24) is 9.97 Å². The molecule has 1 amide bonds. The van der Waals surface area contributed by atoms with Gasteiger partial charge in [-0.2, -0.15) is 0 Å². The van der Waals surface area contributed by atoms with Gasteiger partial charge in [0.1, 0.15) is 23.0 Å². The summed E-state index contributed by atoms with van der Waals surface area (Å²) >= 11 is 0. The standard InChI is InChI=1S/C25H27N5O7S/c1-24(2,15-31)14-29-20-7-6-18(12-21(20)30(33)34)38(35,36)25(9-4-3-5-19(25)22(26)32)37-17-11-16-8-10-27-23(16)28-13-17/h3-13,19,29,31H,14-15H2,1-2H3,(H2,26,32)(H,27,28). The van der Waals surface area contributed by atoms with Crippen molar-refractivity contribution in [3.63, 3.8) is 0 Å². The van der Waals surface area contributed by atoms with Gasteiger partial charge in [-0.15, -0.1) is 0 Å². The van der Waals surface area contributed by atoms with Gasteiger partial charge in [-0.25, -0.2) is 13.4 Å². The SMILES string of the molecule is CC(C)(CO)CNc1ccc(S(=O)(=O)C2(Oc3cnc4[nH]ccc4c3)C=CC=CC2C(N)=O)cc1[N+](=O)[O-]. The van der Waals surface area contributed by atoms with E-state index in [1.807, 2.05) is 0 Å². The lowest BCUT2D eigenvalue weighted by Gasteiger charge is -2.36. The van der Waals surface area contributed by atoms with Crippen LogP contribution in [0.5, 0.6) is 5.75 Å². The van der Waals surface area contributed by atoms with E-state index in [4.69, 9.17) is 10.5 Å². The molecule has 38 heavy (non-hydrogen) atoms. The van der Waals surface area contributed by atoms with Gasteiger partial charge in [0, 0.05) is 36.2 Å². The number of anilines is 1. The number of rotatable bonds is 10. The summed E-state index contributed by atoms with van der Waals surface area (Å²) in [6.45, 7) is 3.55. The molecule has 2 heterocycles. The van der Waals surface area contributed by atoms with Crippen LogP contribution in [0.2, 0.25) is 0 Å². The van der Waals surface area contributed by atoms with Crippen LogP contribution in [0.25, 0.3) is 11.0 Å². The number of nitrogens with zero attached hydrogens (tertiary/aromatic N) is 2. The number of nitro benzene ring substituents is 1. The first-order chi connectivity index (χ1) is 17.9. The number of fused-ring (bicyclic) bond motifs is 1. The van der Waals surface area contributed by atoms with E-state index in [2.05, 4.69) is 15.3 Å². The van der Waals surface area contributed by atoms with Gasteiger partial charge >= 0.3 is 0 Å². The highest BCUT2D eigenvalue weighted by Crippen LogP contribution is 2.41. The van der Waals surface area contributed by atoms with Gasteiger partial charge in [0.15, 0.2) is 0 Å². The molecule has 3 aromatic rings. The zero-order valence-electron chi connectivity index (χ0n) is 20.6. The number of nitro groups is 1. The average molecular weight is 542 g/mol. The fourth-order valence-electron chi connectivity index (χ4n) is 4.02. The number of benzene rings is 1. The Balaban J connectivity index is 1.83. The van der Waals surface area contributed by atoms with Gasteiger partial charge in [0.25, 0.3) is 5.69 Å². The van der Waals surface area contributed by atoms with Crippen LogP contribution in [0.4, 0.5) is 11.4 Å². The first-order valence-electron chi connectivity index (χ1n) is 11.6. The molecular weight excluding hydrogens is 514 g/mol. The summed E-state index contributed by atoms with van der Waals surface area (Å²) in [4.78, 5) is 28.0. The maximum atomic E-state index is 14.2. The summed E-state index contributed by atoms with van der Waals surface area (Å²) in [5, 5.41) is 24.9. The lowest BCUT2D eigenvalue weighted by atomic mass is 9.95. The Morgan fingerprint density at radius 2 is 2.08 bits per heavy atom. The third-order valence-corrected chi connectivity index (χ3v) is 8.41. The Labute approximate surface area is 218 Å². The van der Waals surface area contributed by atoms with Crippen LogP contribution >= 0.6 is 0 Å². The highest BCUT2D eigenvalue weighted by molar-refractivity contribution is 7.93. The maximum absolute atomic E-state index is 14.2. The minimum absolute atomic E-state index is 0.0471. The Kier molecular flexibility index (Phi) is 7.00. The molecule has 0 saturated carbocycles. The molecule has 13 heteroatoms. The summed E-state index contributed by atoms with van der Waals surface area (Å²) in [5.41, 5.74) is 5.14. The molecule has 0 fully saturated rings. The number of aromatic nitrogens is 2. The van der Waals surface area contributed by atoms with Gasteiger partial charge in [0.2, 0.25) is 20.7 Å². The molecule has 0 bridgehead atoms. The summed E-state index contributed by atoms with van der Waals surface area (Å²) in [5.74, 6) is -2.38. The highest BCUT2D eigenvalue weighted by atomic mass is 32.2. The van der Waals surface area contributed by atoms with Crippen LogP contribution in [0, 0.1) is 21.4 Å². The number of pyridine rings is 1. The van der Waals surface area contributed by atoms with Crippen LogP contribution in [-0.4, -0.2) is 52.4 Å². The van der Waals surface area contributed by atoms with Crippen LogP contribution in [-0.2, 0) is 14.6 Å². The second-order valence-electron chi connectivity index (χ2n) is 9.65. The second kappa shape index (κ2) is 9.91. The summed E-state index contributed by atoms with van der Waals surface area (Å²) in [7, 11) is -4.65. The fraction of sp³-hybridized carbons (Fsp3) is 0.280. The van der Waals surface area contributed by atoms with Crippen LogP contribution < -0.4 is 15.8 Å². The average Bonchev–Trinajstić information content (AvgIpc) is 3.35. The van der Waals surface area contributed by atoms with E-state index < -0.39 is 47.5 Å². The van der Waals surface area contributed by atoms with Crippen molar-refractivity contribution < 1.29 is 28.0 Å². The van der Waals surface area contributed by atoms with Gasteiger partial charge < -0.3 is 25.9 Å². The van der Waals surface area contributed by atoms with Crippen molar-refractivity contribution in [2.24, 2.45) is 17.1 Å². The van der Waals surface area contributed by atoms with Crippen LogP contribution in [0.1, 0.15) is 13.8 Å². The molecule has 0 aliphatic heterocycles. The number of hydrogen-bond acceptors (Lipinski definition) is 9. The lowest BCUT2D eigenvalue weighted by Crippen LogP contribution is -2.53. The number of aliphatic hydroxyl groups is 1. The zero-order chi connectivity index (χ0) is 27.7. The van der Waals surface area contributed by atoms with E-state index in [-0.39, 0.29) is 24.6 Å². The molecule has 1 aromatic carbocycles. The van der Waals surface area contributed by atoms with Crippen LogP contribution in [0.15, 0.2) is 71.9 Å². The Bertz CT molecular complexity index is 1560. The largest absolute Gasteiger partial charge is 0.464 e. The zero-order valence-corrected chi connectivity index (χ0v) is 21.4. The molecule has 2 unspecified atom stereocenters. The second-order valence-corrected chi connectivity index (χ2v) is 11.8. The Morgan fingerprint density at radius 1 is 1.32 bits per heavy atom. The fourth-order valence-corrected chi connectivity index (χ4v) is 5.89. The molecule has 12 nitrogen and oxygen atoms in total. The number of amides is 1. The number of nitrogens with two attached hydrogens (primary N) is 1. The number of nitrogens with one attached hydrogen (secondary N) is 2. The number of hydrogen-bond donors (Lipinski definition) is 4. The summed E-state index contributed by atoms with van der Waals surface area (Å²) in [6.07, 6.45) is 8.34. The number of carbonyl (C=O) groups excluding carboxylic acids is 1. The van der Waals surface area contributed by atoms with E-state index in [1.54, 1.807) is 32.2 Å². The third-order valence-electron chi connectivity index (χ3n) is 6.22. The molecule has 5 N–H and O–H groups in total. The molecule has 200 valence electrons. The number of H-pyrrole nitrogens is 1. The van der Waals surface area contributed by atoms with E-state index >= 15 is 0 Å². The lowest BCUT2D eigenvalue weighted by molar-refractivity contribution is -0.384. The van der Waals surface area contributed by atoms with Crippen molar-refractivity contribution in [2.45, 2.75) is 23.7 Å². The molecule has 2 aromatic heterocycles. The van der Waals surface area contributed by atoms with Crippen molar-refractivity contribution >= 4 is 38.2 Å². The monoisotopic (exact) mass is 541 g/mol. The normalized spacial score (nSPS) is 19.4. The molecule has 1 aliphatic carbocycles. The van der Waals surface area contributed by atoms with Crippen LogP contribution in [0.3, 0.4) is 0 Å². The smallest absolute Gasteiger partial charge is 0.293 e. The van der Waals surface area contributed by atoms with Gasteiger partial charge in [-0.1, -0.05) is 32.1 Å². The number of allylic oxidation sites excluding steroid dienone is 2. The predicted octanol–water partition coefficient (Wildman–Crippen LogP) is 2.68. The number of aromatic amines is 1. The number of carbonyl (C=O) groups is 1. The first kappa shape index (κ1) is 26.8. The molecule has 0 spiro atoms. The molecule has 1 aliphatic rings. The minimum atomic E-state index is -4.65. The summed E-state index contributed by atoms with van der Waals surface area (Å²) < 4.78 is 34.4. The van der Waals surface area contributed by atoms with Crippen molar-refractivity contribution in [1.29, 1.82) is 0 Å². The molecule has 2 atom stereocenters. The summed E-state index contributed by atoms with van der Waals surface area (Å²) in [6, 6.07) is 6.64. The van der Waals surface area contributed by atoms with E-state index in [1.165, 1.54) is 42.6 Å². The maximum Gasteiger partial charge on any atom is 0.293 e. The first-order valence-corrected chi connectivity index (χ1v) is 13.0. The predicted molar refractivity (Wildman–Crippen MR) is 140 cm³/mol. The number of sulfone groups is 1. The van der Waals surface area contributed by atoms with E-state index in [0.29, 0.717) is 11.0 Å². The third kappa shape index (κ3) is 4.85. The molecular formula is C25H27N5O7S. The van der Waals surface area contributed by atoms with E-state index in [0.717, 1.165) is 6.07 Å². The van der Waals surface area contributed by atoms with Crippen molar-refractivity contribution in [3.8, 4) is 5.75 Å². The molecule has 0 radical (unpaired) electrons. The number of primary amides is 1. The quantitative estimate of drug-likeness (QED) is 0.221. The Hall–Kier alpha value is -4.23. The number of aliphatic hydroxyl groups excluding tert-OH is 1. The Morgan fingerprint density at radius 3 is 2.76 bits per heavy atom. The topological polar surface area (TPSA) is 191 Å². The minimum Gasteiger partial charge on any atom is -0.464 e. The van der Waals surface area contributed by atoms with Gasteiger partial charge in [0.05, 0.1) is 16.0 Å². The number of ether oxygens (including phenoxy) is 1. The van der Waals surface area contributed by atoms with Gasteiger partial charge in [-0.05, 0) is 30.3 Å². The van der Waals surface area contributed by atoms with Crippen molar-refractivity contribution in [3.05, 3.63) is 77.1 Å². The van der Waals surface area contributed by atoms with E-state index in [9.17, 15) is 28.4 Å². The van der Waals surface area contributed by atoms with Crippen molar-refractivity contribution in [2.75, 3.05) is 18.5 Å². The molecule has 4 rings (SSSR count). The van der Waals surface area contributed by atoms with Gasteiger partial charge in [-0.3, -0.25) is 14.9 Å².